The third kappa shape index (κ3) is 4.17. The number of halogens is 1. The third-order valence-corrected chi connectivity index (χ3v) is 6.06. The van der Waals surface area contributed by atoms with Crippen molar-refractivity contribution in [3.63, 3.8) is 0 Å². The summed E-state index contributed by atoms with van der Waals surface area (Å²) in [5.74, 6) is -0.773. The molecule has 106 valence electrons. The van der Waals surface area contributed by atoms with E-state index in [1.54, 1.807) is 16.3 Å². The Morgan fingerprint density at radius 3 is 2.79 bits per heavy atom. The van der Waals surface area contributed by atoms with Crippen LogP contribution in [0.25, 0.3) is 0 Å². The molecule has 1 atom stereocenters. The molecule has 0 saturated carbocycles. The number of rotatable bonds is 5. The maximum absolute atomic E-state index is 11.5. The summed E-state index contributed by atoms with van der Waals surface area (Å²) >= 11 is 7.28. The Morgan fingerprint density at radius 2 is 2.32 bits per heavy atom. The fraction of sp³-hybridized carbons (Fsp3) is 0.545. The molecule has 8 heteroatoms. The zero-order chi connectivity index (χ0) is 14.0. The van der Waals surface area contributed by atoms with Gasteiger partial charge in [-0.2, -0.15) is 0 Å². The SMILES string of the molecule is O=C(O)CN(Cc1cc(Cl)cs1)C1CCS(=O)(=O)C1. The van der Waals surface area contributed by atoms with Crippen molar-refractivity contribution in [3.8, 4) is 0 Å². The molecule has 5 nitrogen and oxygen atoms in total. The Balaban J connectivity index is 2.10. The standard InChI is InChI=1S/C11H14ClNO4S2/c12-8-3-10(18-6-8)4-13(5-11(14)15)9-1-2-19(16,17)7-9/h3,6,9H,1-2,4-5,7H2,(H,14,15). The Morgan fingerprint density at radius 1 is 1.58 bits per heavy atom. The number of thiophene rings is 1. The molecule has 0 bridgehead atoms. The molecule has 1 saturated heterocycles. The van der Waals surface area contributed by atoms with Crippen LogP contribution in [0, 0.1) is 0 Å². The number of aliphatic carboxylic acids is 1. The van der Waals surface area contributed by atoms with Gasteiger partial charge < -0.3 is 5.11 Å². The second-order valence-corrected chi connectivity index (χ2v) is 8.25. The van der Waals surface area contributed by atoms with Gasteiger partial charge in [-0.15, -0.1) is 11.3 Å². The molecule has 2 heterocycles. The van der Waals surface area contributed by atoms with Gasteiger partial charge in [0.15, 0.2) is 9.84 Å². The molecule has 0 radical (unpaired) electrons. The molecular formula is C11H14ClNO4S2. The highest BCUT2D eigenvalue weighted by molar-refractivity contribution is 7.91. The minimum atomic E-state index is -3.02. The first-order valence-electron chi connectivity index (χ1n) is 5.75. The van der Waals surface area contributed by atoms with E-state index in [4.69, 9.17) is 16.7 Å². The third-order valence-electron chi connectivity index (χ3n) is 3.04. The molecule has 0 spiro atoms. The lowest BCUT2D eigenvalue weighted by Gasteiger charge is -2.25. The van der Waals surface area contributed by atoms with Crippen molar-refractivity contribution in [2.24, 2.45) is 0 Å². The van der Waals surface area contributed by atoms with E-state index >= 15 is 0 Å². The summed E-state index contributed by atoms with van der Waals surface area (Å²) in [5.41, 5.74) is 0. The first-order valence-corrected chi connectivity index (χ1v) is 8.83. The number of nitrogens with zero attached hydrogens (tertiary/aromatic N) is 1. The van der Waals surface area contributed by atoms with Crippen molar-refractivity contribution in [1.29, 1.82) is 0 Å². The van der Waals surface area contributed by atoms with Gasteiger partial charge in [-0.25, -0.2) is 8.42 Å². The predicted octanol–water partition coefficient (Wildman–Crippen LogP) is 1.48. The van der Waals surface area contributed by atoms with Crippen LogP contribution < -0.4 is 0 Å². The highest BCUT2D eigenvalue weighted by Crippen LogP contribution is 2.24. The molecular weight excluding hydrogens is 310 g/mol. The van der Waals surface area contributed by atoms with Crippen LogP contribution in [0.2, 0.25) is 5.02 Å². The molecule has 19 heavy (non-hydrogen) atoms. The van der Waals surface area contributed by atoms with Gasteiger partial charge in [-0.3, -0.25) is 9.69 Å². The lowest BCUT2D eigenvalue weighted by atomic mass is 10.2. The zero-order valence-corrected chi connectivity index (χ0v) is 12.5. The highest BCUT2D eigenvalue weighted by Gasteiger charge is 2.33. The van der Waals surface area contributed by atoms with Gasteiger partial charge in [0.2, 0.25) is 0 Å². The molecule has 1 N–H and O–H groups in total. The summed E-state index contributed by atoms with van der Waals surface area (Å²) in [4.78, 5) is 13.6. The van der Waals surface area contributed by atoms with Crippen molar-refractivity contribution >= 4 is 38.7 Å². The van der Waals surface area contributed by atoms with E-state index in [0.29, 0.717) is 18.0 Å². The van der Waals surface area contributed by atoms with E-state index in [-0.39, 0.29) is 24.1 Å². The second-order valence-electron chi connectivity index (χ2n) is 4.59. The lowest BCUT2D eigenvalue weighted by Crippen LogP contribution is -2.39. The van der Waals surface area contributed by atoms with Crippen molar-refractivity contribution < 1.29 is 18.3 Å². The predicted molar refractivity (Wildman–Crippen MR) is 74.4 cm³/mol. The van der Waals surface area contributed by atoms with Crippen LogP contribution in [0.1, 0.15) is 11.3 Å². The number of hydrogen-bond acceptors (Lipinski definition) is 5. The second kappa shape index (κ2) is 5.78. The summed E-state index contributed by atoms with van der Waals surface area (Å²) in [7, 11) is -3.02. The Bertz CT molecular complexity index is 569. The number of carboxylic acids is 1. The molecule has 1 aliphatic heterocycles. The van der Waals surface area contributed by atoms with Crippen LogP contribution in [0.15, 0.2) is 11.4 Å². The highest BCUT2D eigenvalue weighted by atomic mass is 35.5. The average Bonchev–Trinajstić information content (AvgIpc) is 2.83. The van der Waals surface area contributed by atoms with Crippen molar-refractivity contribution in [1.82, 2.24) is 4.90 Å². The topological polar surface area (TPSA) is 74.7 Å². The number of hydrogen-bond donors (Lipinski definition) is 1. The van der Waals surface area contributed by atoms with Gasteiger partial charge >= 0.3 is 5.97 Å². The van der Waals surface area contributed by atoms with Crippen LogP contribution in [0.4, 0.5) is 0 Å². The van der Waals surface area contributed by atoms with E-state index in [0.717, 1.165) is 4.88 Å². The van der Waals surface area contributed by atoms with Gasteiger partial charge in [-0.1, -0.05) is 11.6 Å². The fourth-order valence-electron chi connectivity index (χ4n) is 2.19. The van der Waals surface area contributed by atoms with Crippen LogP contribution >= 0.6 is 22.9 Å². The lowest BCUT2D eigenvalue weighted by molar-refractivity contribution is -0.139. The molecule has 1 aliphatic rings. The summed E-state index contributed by atoms with van der Waals surface area (Å²) in [5, 5.41) is 11.3. The zero-order valence-electron chi connectivity index (χ0n) is 10.1. The van der Waals surface area contributed by atoms with Gasteiger partial charge in [-0.05, 0) is 12.5 Å². The molecule has 1 unspecified atom stereocenters. The number of carbonyl (C=O) groups is 1. The Hall–Kier alpha value is -0.630. The normalized spacial score (nSPS) is 21.9. The molecule has 2 rings (SSSR count). The van der Waals surface area contributed by atoms with Gasteiger partial charge in [0.1, 0.15) is 0 Å². The Labute approximate surface area is 120 Å². The van der Waals surface area contributed by atoms with E-state index in [1.165, 1.54) is 11.3 Å². The largest absolute Gasteiger partial charge is 0.480 e. The summed E-state index contributed by atoms with van der Waals surface area (Å²) < 4.78 is 23.0. The van der Waals surface area contributed by atoms with E-state index in [2.05, 4.69) is 0 Å². The van der Waals surface area contributed by atoms with Crippen LogP contribution in [-0.4, -0.2) is 48.5 Å². The average molecular weight is 324 g/mol. The van der Waals surface area contributed by atoms with Gasteiger partial charge in [0.25, 0.3) is 0 Å². The smallest absolute Gasteiger partial charge is 0.317 e. The van der Waals surface area contributed by atoms with Crippen LogP contribution in [0.3, 0.4) is 0 Å². The van der Waals surface area contributed by atoms with E-state index in [1.807, 2.05) is 0 Å². The first-order chi connectivity index (χ1) is 8.85. The summed E-state index contributed by atoms with van der Waals surface area (Å²) in [6, 6.07) is 1.56. The minimum absolute atomic E-state index is 0.0411. The number of sulfone groups is 1. The summed E-state index contributed by atoms with van der Waals surface area (Å²) in [6.07, 6.45) is 0.495. The van der Waals surface area contributed by atoms with Gasteiger partial charge in [0.05, 0.1) is 23.1 Å². The molecule has 1 aromatic rings. The summed E-state index contributed by atoms with van der Waals surface area (Å²) in [6.45, 7) is 0.263. The van der Waals surface area contributed by atoms with E-state index in [9.17, 15) is 13.2 Å². The maximum atomic E-state index is 11.5. The molecule has 0 aromatic carbocycles. The van der Waals surface area contributed by atoms with E-state index < -0.39 is 15.8 Å². The molecule has 1 fully saturated rings. The van der Waals surface area contributed by atoms with Crippen molar-refractivity contribution in [2.45, 2.75) is 19.0 Å². The van der Waals surface area contributed by atoms with Crippen LogP contribution in [0.5, 0.6) is 0 Å². The molecule has 1 aromatic heterocycles. The molecule has 0 aliphatic carbocycles. The molecule has 0 amide bonds. The maximum Gasteiger partial charge on any atom is 0.317 e. The van der Waals surface area contributed by atoms with Gasteiger partial charge in [0, 0.05) is 22.8 Å². The number of carboxylic acid groups (broad SMARTS) is 1. The first kappa shape index (κ1) is 14.8. The quantitative estimate of drug-likeness (QED) is 0.888. The van der Waals surface area contributed by atoms with Crippen molar-refractivity contribution in [3.05, 3.63) is 21.3 Å². The van der Waals surface area contributed by atoms with Crippen LogP contribution in [-0.2, 0) is 21.2 Å². The van der Waals surface area contributed by atoms with Crippen molar-refractivity contribution in [2.75, 3.05) is 18.1 Å². The Kier molecular flexibility index (Phi) is 4.50. The minimum Gasteiger partial charge on any atom is -0.480 e. The fourth-order valence-corrected chi connectivity index (χ4v) is 5.05. The monoisotopic (exact) mass is 323 g/mol.